The lowest BCUT2D eigenvalue weighted by atomic mass is 9.98. The van der Waals surface area contributed by atoms with Crippen molar-refractivity contribution < 1.29 is 14.3 Å². The quantitative estimate of drug-likeness (QED) is 0.608. The Morgan fingerprint density at radius 1 is 1.21 bits per heavy atom. The number of aryl methyl sites for hydroxylation is 1. The van der Waals surface area contributed by atoms with Gasteiger partial charge in [-0.2, -0.15) is 0 Å². The van der Waals surface area contributed by atoms with E-state index >= 15 is 0 Å². The van der Waals surface area contributed by atoms with Crippen LogP contribution in [0.2, 0.25) is 5.02 Å². The van der Waals surface area contributed by atoms with Gasteiger partial charge in [0.1, 0.15) is 5.58 Å². The fraction of sp³-hybridized carbons (Fsp3) is 0.273. The zero-order valence-corrected chi connectivity index (χ0v) is 17.6. The summed E-state index contributed by atoms with van der Waals surface area (Å²) in [6.45, 7) is 2.10. The molecule has 0 spiro atoms. The molecule has 1 atom stereocenters. The maximum absolute atomic E-state index is 13.4. The number of aliphatic hydroxyl groups excluding tert-OH is 1. The SMILES string of the molecule is CSc1ccc(C2c3c(oc4cc(C)c(Cl)cc4c3=O)C(=O)N2CCCO)cc1. The summed E-state index contributed by atoms with van der Waals surface area (Å²) in [4.78, 5) is 29.2. The number of fused-ring (bicyclic) bond motifs is 2. The molecule has 0 fully saturated rings. The van der Waals surface area contributed by atoms with Crippen LogP contribution >= 0.6 is 23.4 Å². The lowest BCUT2D eigenvalue weighted by Crippen LogP contribution is -2.31. The Morgan fingerprint density at radius 2 is 1.93 bits per heavy atom. The Kier molecular flexibility index (Phi) is 5.42. The number of carbonyl (C=O) groups excluding carboxylic acids is 1. The van der Waals surface area contributed by atoms with E-state index in [-0.39, 0.29) is 23.7 Å². The second kappa shape index (κ2) is 7.86. The van der Waals surface area contributed by atoms with E-state index in [0.717, 1.165) is 16.0 Å². The van der Waals surface area contributed by atoms with Gasteiger partial charge in [0.25, 0.3) is 5.91 Å². The number of aliphatic hydroxyl groups is 1. The summed E-state index contributed by atoms with van der Waals surface area (Å²) in [5.41, 5.74) is 2.04. The minimum atomic E-state index is -0.555. The van der Waals surface area contributed by atoms with E-state index in [1.165, 1.54) is 0 Å². The van der Waals surface area contributed by atoms with Crippen molar-refractivity contribution in [2.24, 2.45) is 0 Å². The van der Waals surface area contributed by atoms with Gasteiger partial charge in [-0.25, -0.2) is 0 Å². The van der Waals surface area contributed by atoms with E-state index in [0.29, 0.717) is 34.5 Å². The molecule has 7 heteroatoms. The molecule has 2 heterocycles. The molecule has 1 aliphatic rings. The number of halogens is 1. The summed E-state index contributed by atoms with van der Waals surface area (Å²) in [5, 5.41) is 10.1. The highest BCUT2D eigenvalue weighted by Crippen LogP contribution is 2.39. The summed E-state index contributed by atoms with van der Waals surface area (Å²) in [5.74, 6) is -0.264. The number of benzene rings is 2. The Balaban J connectivity index is 1.95. The molecule has 29 heavy (non-hydrogen) atoms. The first-order valence-corrected chi connectivity index (χ1v) is 10.9. The Hall–Kier alpha value is -2.28. The maximum Gasteiger partial charge on any atom is 0.290 e. The van der Waals surface area contributed by atoms with Gasteiger partial charge in [0.15, 0.2) is 5.43 Å². The van der Waals surface area contributed by atoms with Gasteiger partial charge in [-0.05, 0) is 55.0 Å². The van der Waals surface area contributed by atoms with Crippen LogP contribution in [0.5, 0.6) is 0 Å². The normalized spacial score (nSPS) is 15.9. The Labute approximate surface area is 177 Å². The fourth-order valence-electron chi connectivity index (χ4n) is 3.75. The van der Waals surface area contributed by atoms with E-state index in [2.05, 4.69) is 0 Å². The van der Waals surface area contributed by atoms with Crippen LogP contribution in [0.15, 0.2) is 50.5 Å². The molecule has 5 nitrogen and oxygen atoms in total. The molecule has 3 aromatic rings. The number of hydrogen-bond donors (Lipinski definition) is 1. The highest BCUT2D eigenvalue weighted by molar-refractivity contribution is 7.98. The highest BCUT2D eigenvalue weighted by atomic mass is 35.5. The van der Waals surface area contributed by atoms with E-state index < -0.39 is 6.04 Å². The average Bonchev–Trinajstić information content (AvgIpc) is 3.00. The zero-order chi connectivity index (χ0) is 20.7. The summed E-state index contributed by atoms with van der Waals surface area (Å²) in [6.07, 6.45) is 2.40. The van der Waals surface area contributed by atoms with Crippen molar-refractivity contribution in [1.29, 1.82) is 0 Å². The number of thioether (sulfide) groups is 1. The van der Waals surface area contributed by atoms with Crippen molar-refractivity contribution in [2.45, 2.75) is 24.3 Å². The number of rotatable bonds is 5. The van der Waals surface area contributed by atoms with Crippen LogP contribution in [-0.4, -0.2) is 35.3 Å². The molecule has 1 N–H and O–H groups in total. The second-order valence-electron chi connectivity index (χ2n) is 7.02. The minimum Gasteiger partial charge on any atom is -0.450 e. The molecule has 4 rings (SSSR count). The van der Waals surface area contributed by atoms with Crippen LogP contribution in [-0.2, 0) is 0 Å². The summed E-state index contributed by atoms with van der Waals surface area (Å²) in [7, 11) is 0. The minimum absolute atomic E-state index is 0.0452. The number of amides is 1. The average molecular weight is 430 g/mol. The summed E-state index contributed by atoms with van der Waals surface area (Å²) >= 11 is 7.86. The van der Waals surface area contributed by atoms with Crippen LogP contribution < -0.4 is 5.43 Å². The van der Waals surface area contributed by atoms with Gasteiger partial charge in [0.2, 0.25) is 5.76 Å². The van der Waals surface area contributed by atoms with Gasteiger partial charge >= 0.3 is 0 Å². The van der Waals surface area contributed by atoms with E-state index in [9.17, 15) is 14.7 Å². The van der Waals surface area contributed by atoms with Crippen molar-refractivity contribution in [1.82, 2.24) is 4.90 Å². The van der Waals surface area contributed by atoms with Crippen molar-refractivity contribution in [3.63, 3.8) is 0 Å². The molecule has 0 bridgehead atoms. The van der Waals surface area contributed by atoms with Gasteiger partial charge in [-0.15, -0.1) is 11.8 Å². The van der Waals surface area contributed by atoms with E-state index in [1.54, 1.807) is 28.8 Å². The monoisotopic (exact) mass is 429 g/mol. The van der Waals surface area contributed by atoms with Crippen molar-refractivity contribution in [2.75, 3.05) is 19.4 Å². The van der Waals surface area contributed by atoms with E-state index in [1.807, 2.05) is 37.4 Å². The van der Waals surface area contributed by atoms with Gasteiger partial charge in [-0.3, -0.25) is 9.59 Å². The predicted octanol–water partition coefficient (Wildman–Crippen LogP) is 4.40. The van der Waals surface area contributed by atoms with Gasteiger partial charge in [0, 0.05) is 23.1 Å². The molecular formula is C22H20ClNO4S. The molecule has 150 valence electrons. The van der Waals surface area contributed by atoms with Crippen molar-refractivity contribution in [3.8, 4) is 0 Å². The fourth-order valence-corrected chi connectivity index (χ4v) is 4.32. The first kappa shape index (κ1) is 20.0. The molecule has 1 amide bonds. The van der Waals surface area contributed by atoms with Gasteiger partial charge < -0.3 is 14.4 Å². The number of hydrogen-bond acceptors (Lipinski definition) is 5. The van der Waals surface area contributed by atoms with Crippen LogP contribution in [0.3, 0.4) is 0 Å². The third-order valence-electron chi connectivity index (χ3n) is 5.24. The van der Waals surface area contributed by atoms with Gasteiger partial charge in [0.05, 0.1) is 17.0 Å². The third kappa shape index (κ3) is 3.35. The van der Waals surface area contributed by atoms with Crippen LogP contribution in [0.25, 0.3) is 11.0 Å². The molecule has 0 saturated carbocycles. The smallest absolute Gasteiger partial charge is 0.290 e. The Bertz CT molecular complexity index is 1160. The first-order chi connectivity index (χ1) is 14.0. The van der Waals surface area contributed by atoms with Crippen molar-refractivity contribution >= 4 is 40.2 Å². The molecule has 0 saturated heterocycles. The van der Waals surface area contributed by atoms with Crippen LogP contribution in [0, 0.1) is 6.92 Å². The summed E-state index contributed by atoms with van der Waals surface area (Å²) in [6, 6.07) is 10.5. The molecule has 1 aromatic heterocycles. The summed E-state index contributed by atoms with van der Waals surface area (Å²) < 4.78 is 5.92. The predicted molar refractivity (Wildman–Crippen MR) is 115 cm³/mol. The molecule has 1 unspecified atom stereocenters. The van der Waals surface area contributed by atoms with Crippen LogP contribution in [0.4, 0.5) is 0 Å². The van der Waals surface area contributed by atoms with Crippen molar-refractivity contribution in [3.05, 3.63) is 74.1 Å². The molecular weight excluding hydrogens is 410 g/mol. The largest absolute Gasteiger partial charge is 0.450 e. The third-order valence-corrected chi connectivity index (χ3v) is 6.39. The molecule has 0 radical (unpaired) electrons. The highest BCUT2D eigenvalue weighted by Gasteiger charge is 2.42. The lowest BCUT2D eigenvalue weighted by molar-refractivity contribution is 0.0716. The molecule has 1 aliphatic heterocycles. The standard InChI is InChI=1S/C22H20ClNO4S/c1-12-10-17-15(11-16(12)23)20(26)18-19(13-4-6-14(29-2)7-5-13)24(8-3-9-25)22(27)21(18)28-17/h4-7,10-11,19,25H,3,8-9H2,1-2H3. The number of carbonyl (C=O) groups is 1. The van der Waals surface area contributed by atoms with E-state index in [4.69, 9.17) is 16.0 Å². The molecule has 2 aromatic carbocycles. The first-order valence-electron chi connectivity index (χ1n) is 9.29. The van der Waals surface area contributed by atoms with Gasteiger partial charge in [-0.1, -0.05) is 23.7 Å². The number of nitrogens with zero attached hydrogens (tertiary/aromatic N) is 1. The molecule has 0 aliphatic carbocycles. The van der Waals surface area contributed by atoms with Crippen LogP contribution in [0.1, 0.15) is 39.7 Å². The Morgan fingerprint density at radius 3 is 2.59 bits per heavy atom. The topological polar surface area (TPSA) is 70.8 Å². The second-order valence-corrected chi connectivity index (χ2v) is 8.31. The lowest BCUT2D eigenvalue weighted by Gasteiger charge is -2.25. The maximum atomic E-state index is 13.4. The zero-order valence-electron chi connectivity index (χ0n) is 16.1.